The van der Waals surface area contributed by atoms with Crippen molar-refractivity contribution in [3.05, 3.63) is 59.2 Å². The van der Waals surface area contributed by atoms with Crippen LogP contribution in [0.25, 0.3) is 0 Å². The number of guanidine groups is 1. The van der Waals surface area contributed by atoms with Gasteiger partial charge in [-0.3, -0.25) is 4.99 Å². The molecule has 2 aromatic carbocycles. The van der Waals surface area contributed by atoms with Crippen molar-refractivity contribution in [3.8, 4) is 11.5 Å². The summed E-state index contributed by atoms with van der Waals surface area (Å²) in [6.07, 6.45) is 1.15. The number of aliphatic imine (C=N–C) groups is 1. The van der Waals surface area contributed by atoms with E-state index in [1.807, 2.05) is 18.2 Å². The van der Waals surface area contributed by atoms with Gasteiger partial charge in [0.15, 0.2) is 5.96 Å². The van der Waals surface area contributed by atoms with E-state index in [2.05, 4.69) is 53.7 Å². The highest BCUT2D eigenvalue weighted by Gasteiger charge is 2.21. The van der Waals surface area contributed by atoms with E-state index in [9.17, 15) is 0 Å². The van der Waals surface area contributed by atoms with E-state index in [0.717, 1.165) is 29.4 Å². The lowest BCUT2D eigenvalue weighted by Gasteiger charge is -2.19. The van der Waals surface area contributed by atoms with Crippen LogP contribution in [0.3, 0.4) is 0 Å². The van der Waals surface area contributed by atoms with Crippen LogP contribution in [-0.4, -0.2) is 26.2 Å². The Kier molecular flexibility index (Phi) is 5.66. The summed E-state index contributed by atoms with van der Waals surface area (Å²) in [5, 5.41) is 6.78. The molecular formula is C21H27N3O2. The van der Waals surface area contributed by atoms with Gasteiger partial charge in [-0.2, -0.15) is 0 Å². The van der Waals surface area contributed by atoms with Gasteiger partial charge in [0.25, 0.3) is 0 Å². The van der Waals surface area contributed by atoms with Crippen LogP contribution in [0.5, 0.6) is 11.5 Å². The molecule has 0 saturated carbocycles. The third kappa shape index (κ3) is 4.10. The fraction of sp³-hybridized carbons (Fsp3) is 0.381. The lowest BCUT2D eigenvalue weighted by molar-refractivity contribution is 0.254. The van der Waals surface area contributed by atoms with E-state index in [1.165, 1.54) is 11.1 Å². The number of hydrogen-bond donors (Lipinski definition) is 2. The lowest BCUT2D eigenvalue weighted by atomic mass is 10.1. The summed E-state index contributed by atoms with van der Waals surface area (Å²) < 4.78 is 11.4. The number of rotatable bonds is 5. The highest BCUT2D eigenvalue weighted by atomic mass is 16.5. The maximum Gasteiger partial charge on any atom is 0.191 e. The molecule has 0 aliphatic carbocycles. The Balaban J connectivity index is 1.67. The van der Waals surface area contributed by atoms with Crippen molar-refractivity contribution in [2.24, 2.45) is 4.99 Å². The SMILES string of the molecule is CN=C(NCc1cc2c(cc1OC)CC(C)O2)NC(C)c1ccccc1. The van der Waals surface area contributed by atoms with E-state index in [-0.39, 0.29) is 12.1 Å². The third-order valence-electron chi connectivity index (χ3n) is 4.62. The van der Waals surface area contributed by atoms with Crippen molar-refractivity contribution >= 4 is 5.96 Å². The summed E-state index contributed by atoms with van der Waals surface area (Å²) in [6, 6.07) is 14.6. The molecule has 5 nitrogen and oxygen atoms in total. The Morgan fingerprint density at radius 1 is 1.31 bits per heavy atom. The maximum absolute atomic E-state index is 5.87. The van der Waals surface area contributed by atoms with Crippen molar-refractivity contribution in [1.29, 1.82) is 0 Å². The molecule has 1 aliphatic heterocycles. The van der Waals surface area contributed by atoms with E-state index < -0.39 is 0 Å². The molecule has 0 spiro atoms. The number of hydrogen-bond acceptors (Lipinski definition) is 3. The molecule has 26 heavy (non-hydrogen) atoms. The van der Waals surface area contributed by atoms with Crippen molar-refractivity contribution in [1.82, 2.24) is 10.6 Å². The average Bonchev–Trinajstić information content (AvgIpc) is 3.03. The zero-order chi connectivity index (χ0) is 18.5. The van der Waals surface area contributed by atoms with Gasteiger partial charge in [0.2, 0.25) is 0 Å². The van der Waals surface area contributed by atoms with Crippen molar-refractivity contribution in [2.45, 2.75) is 39.0 Å². The van der Waals surface area contributed by atoms with Crippen LogP contribution < -0.4 is 20.1 Å². The number of fused-ring (bicyclic) bond motifs is 1. The van der Waals surface area contributed by atoms with Gasteiger partial charge in [0.05, 0.1) is 13.2 Å². The summed E-state index contributed by atoms with van der Waals surface area (Å²) in [7, 11) is 3.48. The first-order valence-electron chi connectivity index (χ1n) is 8.99. The Hall–Kier alpha value is -2.69. The fourth-order valence-electron chi connectivity index (χ4n) is 3.21. The van der Waals surface area contributed by atoms with Gasteiger partial charge >= 0.3 is 0 Å². The highest BCUT2D eigenvalue weighted by Crippen LogP contribution is 2.34. The van der Waals surface area contributed by atoms with Gasteiger partial charge < -0.3 is 20.1 Å². The van der Waals surface area contributed by atoms with Crippen molar-refractivity contribution < 1.29 is 9.47 Å². The molecule has 5 heteroatoms. The average molecular weight is 353 g/mol. The second-order valence-electron chi connectivity index (χ2n) is 6.61. The van der Waals surface area contributed by atoms with Crippen LogP contribution >= 0.6 is 0 Å². The van der Waals surface area contributed by atoms with E-state index in [0.29, 0.717) is 6.54 Å². The molecule has 0 fully saturated rings. The first-order chi connectivity index (χ1) is 12.6. The summed E-state index contributed by atoms with van der Waals surface area (Å²) in [4.78, 5) is 4.33. The molecule has 0 aromatic heterocycles. The monoisotopic (exact) mass is 353 g/mol. The van der Waals surface area contributed by atoms with E-state index in [4.69, 9.17) is 9.47 Å². The Labute approximate surface area is 155 Å². The van der Waals surface area contributed by atoms with Crippen LogP contribution in [0.1, 0.15) is 36.6 Å². The summed E-state index contributed by atoms with van der Waals surface area (Å²) >= 11 is 0. The van der Waals surface area contributed by atoms with Gasteiger partial charge in [-0.25, -0.2) is 0 Å². The third-order valence-corrected chi connectivity index (χ3v) is 4.62. The smallest absolute Gasteiger partial charge is 0.191 e. The van der Waals surface area contributed by atoms with Crippen LogP contribution in [0.4, 0.5) is 0 Å². The number of ether oxygens (including phenoxy) is 2. The maximum atomic E-state index is 5.87. The molecule has 2 atom stereocenters. The van der Waals surface area contributed by atoms with Crippen LogP contribution in [-0.2, 0) is 13.0 Å². The molecule has 0 saturated heterocycles. The van der Waals surface area contributed by atoms with Crippen LogP contribution in [0, 0.1) is 0 Å². The number of methoxy groups -OCH3 is 1. The van der Waals surface area contributed by atoms with Crippen LogP contribution in [0.15, 0.2) is 47.5 Å². The van der Waals surface area contributed by atoms with Crippen LogP contribution in [0.2, 0.25) is 0 Å². The van der Waals surface area contributed by atoms with Gasteiger partial charge in [-0.05, 0) is 31.5 Å². The molecule has 0 bridgehead atoms. The van der Waals surface area contributed by atoms with Crippen molar-refractivity contribution in [2.75, 3.05) is 14.2 Å². The summed E-state index contributed by atoms with van der Waals surface area (Å²) in [6.45, 7) is 4.81. The highest BCUT2D eigenvalue weighted by molar-refractivity contribution is 5.80. The summed E-state index contributed by atoms with van der Waals surface area (Å²) in [5.41, 5.74) is 3.47. The Morgan fingerprint density at radius 2 is 2.08 bits per heavy atom. The quantitative estimate of drug-likeness (QED) is 0.639. The van der Waals surface area contributed by atoms with Gasteiger partial charge in [0.1, 0.15) is 17.6 Å². The first kappa shape index (κ1) is 18.1. The molecule has 2 N–H and O–H groups in total. The van der Waals surface area contributed by atoms with E-state index in [1.54, 1.807) is 14.2 Å². The molecule has 0 radical (unpaired) electrons. The van der Waals surface area contributed by atoms with Crippen molar-refractivity contribution in [3.63, 3.8) is 0 Å². The predicted octanol–water partition coefficient (Wildman–Crippen LogP) is 3.44. The minimum Gasteiger partial charge on any atom is -0.496 e. The number of benzene rings is 2. The predicted molar refractivity (Wildman–Crippen MR) is 105 cm³/mol. The normalized spacial score (nSPS) is 17.2. The molecule has 3 rings (SSSR count). The summed E-state index contributed by atoms with van der Waals surface area (Å²) in [5.74, 6) is 2.58. The minimum absolute atomic E-state index is 0.161. The molecule has 1 heterocycles. The molecule has 138 valence electrons. The van der Waals surface area contributed by atoms with Gasteiger partial charge in [-0.15, -0.1) is 0 Å². The lowest BCUT2D eigenvalue weighted by Crippen LogP contribution is -2.38. The number of nitrogens with zero attached hydrogens (tertiary/aromatic N) is 1. The fourth-order valence-corrected chi connectivity index (χ4v) is 3.21. The molecule has 1 aliphatic rings. The second kappa shape index (κ2) is 8.13. The minimum atomic E-state index is 0.161. The molecule has 0 amide bonds. The zero-order valence-electron chi connectivity index (χ0n) is 15.9. The topological polar surface area (TPSA) is 54.9 Å². The molecule has 2 aromatic rings. The molecular weight excluding hydrogens is 326 g/mol. The van der Waals surface area contributed by atoms with Gasteiger partial charge in [0, 0.05) is 31.1 Å². The zero-order valence-corrected chi connectivity index (χ0v) is 15.9. The second-order valence-corrected chi connectivity index (χ2v) is 6.61. The Morgan fingerprint density at radius 3 is 2.77 bits per heavy atom. The molecule has 2 unspecified atom stereocenters. The van der Waals surface area contributed by atoms with Gasteiger partial charge in [-0.1, -0.05) is 30.3 Å². The Bertz CT molecular complexity index is 774. The standard InChI is InChI=1S/C21H27N3O2/c1-14-10-17-11-19(25-4)18(12-20(17)26-14)13-23-21(22-3)24-15(2)16-8-6-5-7-9-16/h5-9,11-12,14-15H,10,13H2,1-4H3,(H2,22,23,24). The number of nitrogens with one attached hydrogen (secondary N) is 2. The van der Waals surface area contributed by atoms with E-state index >= 15 is 0 Å². The first-order valence-corrected chi connectivity index (χ1v) is 8.99. The largest absolute Gasteiger partial charge is 0.496 e.